The second-order valence-corrected chi connectivity index (χ2v) is 8.95. The van der Waals surface area contributed by atoms with Crippen LogP contribution in [0, 0.1) is 7.05 Å². The molecular formula is C24H27BrNO3. The Labute approximate surface area is 181 Å². The Morgan fingerprint density at radius 1 is 1.24 bits per heavy atom. The predicted octanol–water partition coefficient (Wildman–Crippen LogP) is 5.20. The monoisotopic (exact) mass is 456 g/mol. The lowest BCUT2D eigenvalue weighted by Gasteiger charge is -2.38. The molecule has 0 aromatic heterocycles. The number of halogens is 1. The van der Waals surface area contributed by atoms with Crippen LogP contribution < -0.4 is 4.74 Å². The molecular weight excluding hydrogens is 430 g/mol. The van der Waals surface area contributed by atoms with E-state index in [0.717, 1.165) is 48.1 Å². The molecule has 2 aromatic carbocycles. The van der Waals surface area contributed by atoms with Gasteiger partial charge in [-0.05, 0) is 68.6 Å². The number of carbonyl (C=O) groups is 1. The number of fused-ring (bicyclic) bond motifs is 2. The first kappa shape index (κ1) is 20.4. The molecule has 0 N–H and O–H groups in total. The Kier molecular flexibility index (Phi) is 5.98. The van der Waals surface area contributed by atoms with Gasteiger partial charge in [-0.25, -0.2) is 0 Å². The van der Waals surface area contributed by atoms with Gasteiger partial charge in [-0.3, -0.25) is 4.79 Å². The van der Waals surface area contributed by atoms with E-state index in [-0.39, 0.29) is 23.9 Å². The predicted molar refractivity (Wildman–Crippen MR) is 117 cm³/mol. The summed E-state index contributed by atoms with van der Waals surface area (Å²) in [7, 11) is 4.11. The Morgan fingerprint density at radius 2 is 2.00 bits per heavy atom. The Balaban J connectivity index is 1.62. The maximum atomic E-state index is 12.0. The summed E-state index contributed by atoms with van der Waals surface area (Å²) in [5.41, 5.74) is 3.67. The number of carbonyl (C=O) groups excluding carboxylic acids is 1. The molecule has 0 unspecified atom stereocenters. The van der Waals surface area contributed by atoms with Crippen molar-refractivity contribution in [3.63, 3.8) is 0 Å². The largest absolute Gasteiger partial charge is 0.485 e. The lowest BCUT2D eigenvalue weighted by Crippen LogP contribution is -2.38. The van der Waals surface area contributed by atoms with E-state index in [0.29, 0.717) is 6.61 Å². The van der Waals surface area contributed by atoms with Crippen LogP contribution in [0.15, 0.2) is 46.9 Å². The second kappa shape index (κ2) is 8.49. The lowest BCUT2D eigenvalue weighted by atomic mass is 9.74. The Morgan fingerprint density at radius 3 is 2.76 bits per heavy atom. The topological polar surface area (TPSA) is 38.8 Å². The first-order valence-electron chi connectivity index (χ1n) is 10.3. The van der Waals surface area contributed by atoms with E-state index in [1.165, 1.54) is 11.1 Å². The molecule has 0 saturated carbocycles. The maximum absolute atomic E-state index is 12.0. The van der Waals surface area contributed by atoms with Crippen molar-refractivity contribution in [2.45, 2.75) is 44.1 Å². The van der Waals surface area contributed by atoms with Gasteiger partial charge in [0.2, 0.25) is 0 Å². The number of benzene rings is 2. The van der Waals surface area contributed by atoms with Crippen LogP contribution in [-0.4, -0.2) is 30.6 Å². The number of hydrogen-bond donors (Lipinski definition) is 0. The van der Waals surface area contributed by atoms with Crippen molar-refractivity contribution >= 4 is 21.9 Å². The highest BCUT2D eigenvalue weighted by Gasteiger charge is 2.46. The van der Waals surface area contributed by atoms with Gasteiger partial charge < -0.3 is 14.4 Å². The van der Waals surface area contributed by atoms with Crippen molar-refractivity contribution in [3.05, 3.63) is 70.7 Å². The standard InChI is InChI=1S/C24H27BrNO3/c1-3-28-23(27)14-17-6-4-5-7-21(17)29-22-16-24(10-12-26(2)13-11-24)20-9-8-18(25)15-19(20)22/h4-9,15,22H,2-3,10-14,16H2,1H3/t22-/m0/s1. The zero-order valence-electron chi connectivity index (χ0n) is 16.8. The van der Waals surface area contributed by atoms with Crippen molar-refractivity contribution in [2.75, 3.05) is 19.7 Å². The molecule has 1 atom stereocenters. The van der Waals surface area contributed by atoms with Gasteiger partial charge in [-0.2, -0.15) is 0 Å². The quantitative estimate of drug-likeness (QED) is 0.579. The van der Waals surface area contributed by atoms with Gasteiger partial charge >= 0.3 is 5.97 Å². The third kappa shape index (κ3) is 4.22. The third-order valence-corrected chi connectivity index (χ3v) is 6.70. The molecule has 4 nitrogen and oxygen atoms in total. The van der Waals surface area contributed by atoms with Crippen LogP contribution in [0.3, 0.4) is 0 Å². The van der Waals surface area contributed by atoms with Gasteiger partial charge in [0.05, 0.1) is 13.0 Å². The fraction of sp³-hybridized carbons (Fsp3) is 0.417. The molecule has 0 bridgehead atoms. The molecule has 1 spiro atoms. The van der Waals surface area contributed by atoms with Gasteiger partial charge in [0, 0.05) is 22.5 Å². The molecule has 5 heteroatoms. The molecule has 29 heavy (non-hydrogen) atoms. The highest BCUT2D eigenvalue weighted by Crippen LogP contribution is 2.52. The van der Waals surface area contributed by atoms with Crippen LogP contribution in [-0.2, 0) is 21.4 Å². The van der Waals surface area contributed by atoms with Crippen LogP contribution >= 0.6 is 15.9 Å². The van der Waals surface area contributed by atoms with E-state index in [4.69, 9.17) is 9.47 Å². The lowest BCUT2D eigenvalue weighted by molar-refractivity contribution is -0.142. The zero-order valence-corrected chi connectivity index (χ0v) is 18.4. The molecule has 1 fully saturated rings. The van der Waals surface area contributed by atoms with Crippen molar-refractivity contribution in [1.29, 1.82) is 0 Å². The number of para-hydroxylation sites is 1. The molecule has 1 aliphatic carbocycles. The van der Waals surface area contributed by atoms with Gasteiger partial charge in [0.15, 0.2) is 0 Å². The van der Waals surface area contributed by atoms with Gasteiger partial charge in [-0.15, -0.1) is 0 Å². The van der Waals surface area contributed by atoms with Crippen LogP contribution in [0.1, 0.15) is 49.0 Å². The number of nitrogens with zero attached hydrogens (tertiary/aromatic N) is 1. The summed E-state index contributed by atoms with van der Waals surface area (Å²) in [5, 5.41) is 0. The molecule has 4 rings (SSSR count). The van der Waals surface area contributed by atoms with Crippen LogP contribution in [0.2, 0.25) is 0 Å². The summed E-state index contributed by atoms with van der Waals surface area (Å²) in [6, 6.07) is 14.4. The van der Waals surface area contributed by atoms with E-state index < -0.39 is 0 Å². The molecule has 153 valence electrons. The molecule has 1 heterocycles. The molecule has 0 amide bonds. The second-order valence-electron chi connectivity index (χ2n) is 8.03. The van der Waals surface area contributed by atoms with Gasteiger partial charge in [-0.1, -0.05) is 40.2 Å². The molecule has 2 aliphatic rings. The minimum absolute atomic E-state index is 0.0257. The van der Waals surface area contributed by atoms with Crippen LogP contribution in [0.4, 0.5) is 0 Å². The van der Waals surface area contributed by atoms with Crippen molar-refractivity contribution in [2.24, 2.45) is 0 Å². The molecule has 2 aromatic rings. The SMILES string of the molecule is [CH2]N1CCC2(CC1)C[C@H](Oc1ccccc1CC(=O)OCC)c1cc(Br)ccc12. The average molecular weight is 457 g/mol. The molecule has 1 aliphatic heterocycles. The summed E-state index contributed by atoms with van der Waals surface area (Å²) in [4.78, 5) is 14.2. The number of piperidine rings is 1. The van der Waals surface area contributed by atoms with E-state index in [9.17, 15) is 4.79 Å². The number of rotatable bonds is 5. The third-order valence-electron chi connectivity index (χ3n) is 6.20. The normalized spacial score (nSPS) is 20.4. The summed E-state index contributed by atoms with van der Waals surface area (Å²) in [6.45, 7) is 4.21. The number of esters is 1. The van der Waals surface area contributed by atoms with Crippen molar-refractivity contribution < 1.29 is 14.3 Å². The minimum Gasteiger partial charge on any atom is -0.485 e. The Bertz CT molecular complexity index is 889. The van der Waals surface area contributed by atoms with Crippen LogP contribution in [0.25, 0.3) is 0 Å². The number of ether oxygens (including phenoxy) is 2. The minimum atomic E-state index is -0.225. The highest BCUT2D eigenvalue weighted by atomic mass is 79.9. The molecule has 1 radical (unpaired) electrons. The van der Waals surface area contributed by atoms with E-state index in [1.807, 2.05) is 31.2 Å². The first-order chi connectivity index (χ1) is 14.0. The van der Waals surface area contributed by atoms with Crippen molar-refractivity contribution in [1.82, 2.24) is 4.90 Å². The van der Waals surface area contributed by atoms with Crippen molar-refractivity contribution in [3.8, 4) is 5.75 Å². The number of likely N-dealkylation sites (tertiary alicyclic amines) is 1. The van der Waals surface area contributed by atoms with Gasteiger partial charge in [0.1, 0.15) is 11.9 Å². The summed E-state index contributed by atoms with van der Waals surface area (Å²) in [5.74, 6) is 0.542. The van der Waals surface area contributed by atoms with Crippen LogP contribution in [0.5, 0.6) is 5.75 Å². The smallest absolute Gasteiger partial charge is 0.310 e. The van der Waals surface area contributed by atoms with E-state index in [1.54, 1.807) is 0 Å². The number of hydrogen-bond acceptors (Lipinski definition) is 4. The highest BCUT2D eigenvalue weighted by molar-refractivity contribution is 9.10. The van der Waals surface area contributed by atoms with E-state index >= 15 is 0 Å². The maximum Gasteiger partial charge on any atom is 0.310 e. The fourth-order valence-corrected chi connectivity index (χ4v) is 5.08. The Hall–Kier alpha value is -1.85. The van der Waals surface area contributed by atoms with E-state index in [2.05, 4.69) is 46.1 Å². The van der Waals surface area contributed by atoms with Gasteiger partial charge in [0.25, 0.3) is 0 Å². The zero-order chi connectivity index (χ0) is 20.4. The molecule has 1 saturated heterocycles. The summed E-state index contributed by atoms with van der Waals surface area (Å²) < 4.78 is 12.8. The average Bonchev–Trinajstić information content (AvgIpc) is 2.98. The summed E-state index contributed by atoms with van der Waals surface area (Å²) in [6.07, 6.45) is 3.34. The summed E-state index contributed by atoms with van der Waals surface area (Å²) >= 11 is 3.63. The fourth-order valence-electron chi connectivity index (χ4n) is 4.70. The first-order valence-corrected chi connectivity index (χ1v) is 11.1.